The Hall–Kier alpha value is -6.78. The quantitative estimate of drug-likeness (QED) is 0.0530. The Morgan fingerprint density at radius 1 is 0.417 bits per heavy atom. The smallest absolute Gasteiger partial charge is 0.498 e. The van der Waals surface area contributed by atoms with Crippen molar-refractivity contribution < 1.29 is 85.3 Å². The van der Waals surface area contributed by atoms with Gasteiger partial charge in [-0.1, -0.05) is 159 Å². The van der Waals surface area contributed by atoms with Gasteiger partial charge in [0.2, 0.25) is 19.7 Å². The van der Waals surface area contributed by atoms with Gasteiger partial charge in [-0.05, 0) is 57.6 Å². The maximum atomic E-state index is 15.4. The zero-order valence-corrected chi connectivity index (χ0v) is 40.8. The lowest BCUT2D eigenvalue weighted by Gasteiger charge is -2.37. The Morgan fingerprint density at radius 3 is 0.917 bits per heavy atom. The average molecular weight is 1070 g/mol. The van der Waals surface area contributed by atoms with Crippen LogP contribution in [0.4, 0.5) is 30.7 Å². The lowest BCUT2D eigenvalue weighted by molar-refractivity contribution is -0.149. The van der Waals surface area contributed by atoms with Gasteiger partial charge in [-0.25, -0.2) is 25.3 Å². The first-order valence-electron chi connectivity index (χ1n) is 21.2. The van der Waals surface area contributed by atoms with Crippen molar-refractivity contribution in [1.82, 2.24) is 0 Å². The van der Waals surface area contributed by atoms with Crippen LogP contribution in [0.15, 0.2) is 170 Å². The van der Waals surface area contributed by atoms with E-state index >= 15 is 8.78 Å². The fraction of sp³-hybridized carbons (Fsp3) is 0.240. The highest BCUT2D eigenvalue weighted by atomic mass is 32.2. The number of aromatic hydroxyl groups is 2. The second-order valence-electron chi connectivity index (χ2n) is 15.4. The number of benzene rings is 6. The predicted molar refractivity (Wildman–Crippen MR) is 253 cm³/mol. The number of ether oxygens (including phenoxy) is 2. The van der Waals surface area contributed by atoms with E-state index in [1.54, 1.807) is 48.5 Å². The third kappa shape index (κ3) is 12.1. The number of halogens is 7. The van der Waals surface area contributed by atoms with Crippen molar-refractivity contribution in [3.05, 3.63) is 203 Å². The summed E-state index contributed by atoms with van der Waals surface area (Å²) in [4.78, 5) is 21.9. The van der Waals surface area contributed by atoms with Crippen molar-refractivity contribution >= 4 is 41.5 Å². The molecule has 6 rings (SSSR count). The van der Waals surface area contributed by atoms with Gasteiger partial charge < -0.3 is 19.7 Å². The molecule has 0 radical (unpaired) electrons. The van der Waals surface area contributed by atoms with E-state index in [0.29, 0.717) is 6.26 Å². The summed E-state index contributed by atoms with van der Waals surface area (Å²) in [6.07, 6.45) is 0.142. The number of sulfone groups is 3. The van der Waals surface area contributed by atoms with Crippen molar-refractivity contribution in [2.75, 3.05) is 19.5 Å². The first kappa shape index (κ1) is 57.8. The van der Waals surface area contributed by atoms with Crippen LogP contribution in [0.3, 0.4) is 0 Å². The van der Waals surface area contributed by atoms with Crippen molar-refractivity contribution in [1.29, 1.82) is 0 Å². The number of alkyl halides is 7. The van der Waals surface area contributed by atoms with E-state index in [1.165, 1.54) is 135 Å². The minimum absolute atomic E-state index is 0.00851. The van der Waals surface area contributed by atoms with Gasteiger partial charge in [0.1, 0.15) is 11.5 Å². The minimum Gasteiger partial charge on any atom is -0.508 e. The SMILES string of the molecule is CCC(=O)OCC(F)(F)S(=O)(=O)C(c1ccccc1)(c1ccccc1)c1ccc(O)cc1.CCC(=O)OCC(F)(F)S(C)(=O)=O.O=S(=O)(C(F)(F)F)C(c1ccccc1)(c1ccccc1)c1ccc(O)cc1. The summed E-state index contributed by atoms with van der Waals surface area (Å²) in [6.45, 7) is -0.190. The summed E-state index contributed by atoms with van der Waals surface area (Å²) >= 11 is 0. The van der Waals surface area contributed by atoms with Gasteiger partial charge >= 0.3 is 28.0 Å². The Morgan fingerprint density at radius 2 is 0.667 bits per heavy atom. The zero-order valence-electron chi connectivity index (χ0n) is 38.3. The van der Waals surface area contributed by atoms with E-state index in [1.807, 2.05) is 0 Å². The second kappa shape index (κ2) is 23.2. The van der Waals surface area contributed by atoms with Crippen molar-refractivity contribution in [3.63, 3.8) is 0 Å². The number of phenolic OH excluding ortho intramolecular Hbond substituents is 2. The summed E-state index contributed by atoms with van der Waals surface area (Å²) in [5, 5.41) is 10.9. The van der Waals surface area contributed by atoms with Crippen molar-refractivity contribution in [2.24, 2.45) is 0 Å². The standard InChI is InChI=1S/C24H22F2O5S.C20H15F3O3S.C6H10F2O4S/c1-2-22(28)31-17-23(25,26)32(29,30)24(18-9-5-3-6-10-18,19-11-7-4-8-12-19)20-13-15-21(27)16-14-20;21-20(22,23)27(25,26)19(15-7-3-1-4-8-15,16-9-5-2-6-10-16)17-11-13-18(24)14-12-17;1-3-5(9)12-4-6(7,8)13(2,10)11/h3-16,27H,2,17H2,1H3;1-14,24H;3-4H2,1-2H3. The molecule has 0 aliphatic heterocycles. The van der Waals surface area contributed by atoms with Gasteiger partial charge in [-0.2, -0.15) is 30.7 Å². The molecule has 22 heteroatoms. The van der Waals surface area contributed by atoms with Gasteiger partial charge in [0.15, 0.2) is 22.7 Å². The molecule has 12 nitrogen and oxygen atoms in total. The monoisotopic (exact) mass is 1070 g/mol. The molecule has 0 fully saturated rings. The number of hydrogen-bond acceptors (Lipinski definition) is 12. The highest BCUT2D eigenvalue weighted by Crippen LogP contribution is 2.51. The normalized spacial score (nSPS) is 12.5. The maximum Gasteiger partial charge on any atom is 0.498 e. The number of hydrogen-bond donors (Lipinski definition) is 2. The molecule has 0 bridgehead atoms. The molecular formula is C50H47F7O12S3. The predicted octanol–water partition coefficient (Wildman–Crippen LogP) is 9.84. The summed E-state index contributed by atoms with van der Waals surface area (Å²) < 4.78 is 176. The highest BCUT2D eigenvalue weighted by molar-refractivity contribution is 7.94. The van der Waals surface area contributed by atoms with Crippen LogP contribution in [-0.2, 0) is 58.1 Å². The van der Waals surface area contributed by atoms with Crippen LogP contribution in [0.2, 0.25) is 0 Å². The zero-order chi connectivity index (χ0) is 53.8. The van der Waals surface area contributed by atoms with E-state index in [4.69, 9.17) is 0 Å². The van der Waals surface area contributed by atoms with E-state index in [-0.39, 0.29) is 57.7 Å². The topological polar surface area (TPSA) is 195 Å². The molecule has 0 heterocycles. The largest absolute Gasteiger partial charge is 0.508 e. The van der Waals surface area contributed by atoms with Gasteiger partial charge in [0, 0.05) is 19.1 Å². The molecule has 6 aromatic carbocycles. The minimum atomic E-state index is -5.75. The van der Waals surface area contributed by atoms with E-state index in [9.17, 15) is 67.0 Å². The first-order chi connectivity index (χ1) is 33.6. The number of phenols is 2. The van der Waals surface area contributed by atoms with Crippen LogP contribution in [0.25, 0.3) is 0 Å². The molecular weight excluding hydrogens is 1020 g/mol. The van der Waals surface area contributed by atoms with Gasteiger partial charge in [-0.3, -0.25) is 9.59 Å². The molecule has 0 amide bonds. The van der Waals surface area contributed by atoms with Crippen LogP contribution in [-0.4, -0.2) is 82.9 Å². The first-order valence-corrected chi connectivity index (χ1v) is 26.1. The highest BCUT2D eigenvalue weighted by Gasteiger charge is 2.63. The Balaban J connectivity index is 0.000000255. The Bertz CT molecular complexity index is 2990. The number of rotatable bonds is 16. The summed E-state index contributed by atoms with van der Waals surface area (Å²) in [5.74, 6) is -2.12. The summed E-state index contributed by atoms with van der Waals surface area (Å²) in [7, 11) is -15.7. The van der Waals surface area contributed by atoms with Gasteiger partial charge in [-0.15, -0.1) is 0 Å². The van der Waals surface area contributed by atoms with Crippen LogP contribution in [0.1, 0.15) is 60.1 Å². The molecule has 0 spiro atoms. The maximum absolute atomic E-state index is 15.4. The number of carbonyl (C=O) groups excluding carboxylic acids is 2. The molecule has 386 valence electrons. The molecule has 0 aromatic heterocycles. The fourth-order valence-corrected chi connectivity index (χ4v) is 11.1. The molecule has 0 saturated heterocycles. The molecule has 0 aliphatic carbocycles. The molecule has 0 saturated carbocycles. The third-order valence-electron chi connectivity index (χ3n) is 10.7. The molecule has 0 atom stereocenters. The fourth-order valence-electron chi connectivity index (χ4n) is 7.13. The molecule has 6 aromatic rings. The molecule has 0 aliphatic rings. The van der Waals surface area contributed by atoms with Crippen LogP contribution >= 0.6 is 0 Å². The second-order valence-corrected chi connectivity index (χ2v) is 21.9. The molecule has 2 N–H and O–H groups in total. The lowest BCUT2D eigenvalue weighted by Crippen LogP contribution is -2.49. The van der Waals surface area contributed by atoms with Crippen LogP contribution in [0.5, 0.6) is 11.5 Å². The molecule has 0 unspecified atom stereocenters. The lowest BCUT2D eigenvalue weighted by atomic mass is 9.84. The van der Waals surface area contributed by atoms with Gasteiger partial charge in [0.25, 0.3) is 9.84 Å². The van der Waals surface area contributed by atoms with Crippen molar-refractivity contribution in [3.8, 4) is 11.5 Å². The third-order valence-corrected chi connectivity index (χ3v) is 16.4. The van der Waals surface area contributed by atoms with Crippen LogP contribution < -0.4 is 0 Å². The average Bonchev–Trinajstić information content (AvgIpc) is 3.35. The van der Waals surface area contributed by atoms with E-state index in [0.717, 1.165) is 0 Å². The summed E-state index contributed by atoms with van der Waals surface area (Å²) in [6, 6.07) is 39.6. The van der Waals surface area contributed by atoms with Crippen molar-refractivity contribution in [2.45, 2.75) is 52.2 Å². The van der Waals surface area contributed by atoms with Crippen LogP contribution in [0, 0.1) is 0 Å². The number of esters is 2. The molecule has 72 heavy (non-hydrogen) atoms. The Kier molecular flexibility index (Phi) is 18.6. The Labute approximate surface area is 411 Å². The summed E-state index contributed by atoms with van der Waals surface area (Å²) in [5.41, 5.74) is -5.53. The van der Waals surface area contributed by atoms with E-state index in [2.05, 4.69) is 9.47 Å². The number of carbonyl (C=O) groups is 2. The van der Waals surface area contributed by atoms with Gasteiger partial charge in [0.05, 0.1) is 0 Å². The van der Waals surface area contributed by atoms with E-state index < -0.39 is 80.2 Å².